The van der Waals surface area contributed by atoms with E-state index in [1.807, 2.05) is 89.8 Å². The number of benzene rings is 3. The largest absolute Gasteiger partial charge is 0.342 e. The number of hydrogen-bond acceptors (Lipinski definition) is 5. The summed E-state index contributed by atoms with van der Waals surface area (Å²) >= 11 is 6.13. The molecule has 1 fully saturated rings. The second-order valence-corrected chi connectivity index (χ2v) is 10.3. The van der Waals surface area contributed by atoms with Gasteiger partial charge in [-0.3, -0.25) is 9.59 Å². The highest BCUT2D eigenvalue weighted by Crippen LogP contribution is 2.31. The third kappa shape index (κ3) is 5.20. The van der Waals surface area contributed by atoms with Crippen molar-refractivity contribution in [2.24, 2.45) is 0 Å². The Morgan fingerprint density at radius 2 is 1.62 bits per heavy atom. The highest BCUT2D eigenvalue weighted by atomic mass is 35.5. The molecule has 0 atom stereocenters. The zero-order chi connectivity index (χ0) is 26.8. The molecular formula is C30H27ClN6O2. The molecule has 1 aliphatic heterocycles. The van der Waals surface area contributed by atoms with E-state index in [2.05, 4.69) is 15.3 Å². The number of likely N-dealkylation sites (tertiary alicyclic amines) is 1. The quantitative estimate of drug-likeness (QED) is 0.336. The summed E-state index contributed by atoms with van der Waals surface area (Å²) in [5, 5.41) is 8.85. The number of aromatic nitrogens is 5. The molecule has 0 spiro atoms. The van der Waals surface area contributed by atoms with Crippen molar-refractivity contribution in [2.75, 3.05) is 13.1 Å². The third-order valence-corrected chi connectivity index (χ3v) is 7.55. The molecule has 0 bridgehead atoms. The first kappa shape index (κ1) is 25.0. The number of rotatable bonds is 6. The molecule has 3 heterocycles. The number of amides is 1. The van der Waals surface area contributed by atoms with Crippen LogP contribution in [0.2, 0.25) is 5.02 Å². The van der Waals surface area contributed by atoms with Crippen LogP contribution in [-0.2, 0) is 11.3 Å². The summed E-state index contributed by atoms with van der Waals surface area (Å²) in [7, 11) is 0. The molecule has 1 N–H and O–H groups in total. The summed E-state index contributed by atoms with van der Waals surface area (Å²) in [4.78, 5) is 36.3. The Balaban J connectivity index is 1.21. The van der Waals surface area contributed by atoms with Crippen molar-refractivity contribution in [3.8, 4) is 0 Å². The van der Waals surface area contributed by atoms with Crippen LogP contribution in [0.5, 0.6) is 0 Å². The van der Waals surface area contributed by atoms with Crippen LogP contribution in [0.4, 0.5) is 0 Å². The lowest BCUT2D eigenvalue weighted by atomic mass is 9.88. The molecule has 0 saturated carbocycles. The van der Waals surface area contributed by atoms with E-state index in [-0.39, 0.29) is 28.8 Å². The second kappa shape index (κ2) is 10.8. The van der Waals surface area contributed by atoms with Gasteiger partial charge in [-0.15, -0.1) is 5.10 Å². The molecule has 5 aromatic rings. The van der Waals surface area contributed by atoms with Crippen LogP contribution < -0.4 is 5.56 Å². The summed E-state index contributed by atoms with van der Waals surface area (Å²) in [6, 6.07) is 27.3. The van der Waals surface area contributed by atoms with Gasteiger partial charge in [0.1, 0.15) is 5.82 Å². The van der Waals surface area contributed by atoms with Crippen molar-refractivity contribution in [3.63, 3.8) is 0 Å². The van der Waals surface area contributed by atoms with Gasteiger partial charge in [-0.25, -0.2) is 9.67 Å². The van der Waals surface area contributed by atoms with Crippen LogP contribution >= 0.6 is 11.6 Å². The second-order valence-electron chi connectivity index (χ2n) is 9.85. The summed E-state index contributed by atoms with van der Waals surface area (Å²) < 4.78 is 1.63. The number of aromatic amines is 1. The molecule has 0 unspecified atom stereocenters. The van der Waals surface area contributed by atoms with Crippen LogP contribution in [0.15, 0.2) is 89.7 Å². The number of H-pyrrole nitrogens is 1. The minimum Gasteiger partial charge on any atom is -0.342 e. The average Bonchev–Trinajstić information content (AvgIpc) is 3.37. The van der Waals surface area contributed by atoms with Crippen LogP contribution in [0, 0.1) is 0 Å². The zero-order valence-electron chi connectivity index (χ0n) is 21.2. The predicted octanol–water partition coefficient (Wildman–Crippen LogP) is 4.75. The van der Waals surface area contributed by atoms with Gasteiger partial charge in [0.2, 0.25) is 5.91 Å². The number of fused-ring (bicyclic) bond motifs is 1. The Morgan fingerprint density at radius 1 is 0.949 bits per heavy atom. The Bertz CT molecular complexity index is 1620. The van der Waals surface area contributed by atoms with Crippen LogP contribution in [0.3, 0.4) is 0 Å². The average molecular weight is 539 g/mol. The topological polar surface area (TPSA) is 96.8 Å². The van der Waals surface area contributed by atoms with Crippen molar-refractivity contribution in [1.82, 2.24) is 29.9 Å². The van der Waals surface area contributed by atoms with Crippen LogP contribution in [-0.4, -0.2) is 48.9 Å². The number of carbonyl (C=O) groups excluding carboxylic acids is 1. The third-order valence-electron chi connectivity index (χ3n) is 7.32. The summed E-state index contributed by atoms with van der Waals surface area (Å²) in [6.45, 7) is 1.57. The zero-order valence-corrected chi connectivity index (χ0v) is 22.0. The number of nitrogens with zero attached hydrogens (tertiary/aromatic N) is 5. The van der Waals surface area contributed by atoms with Gasteiger partial charge in [0.05, 0.1) is 12.5 Å². The summed E-state index contributed by atoms with van der Waals surface area (Å²) in [5.74, 6) is 0.362. The highest BCUT2D eigenvalue weighted by molar-refractivity contribution is 6.30. The van der Waals surface area contributed by atoms with Crippen LogP contribution in [0.25, 0.3) is 11.2 Å². The van der Waals surface area contributed by atoms with E-state index in [1.54, 1.807) is 4.68 Å². The molecule has 196 valence electrons. The normalized spacial score (nSPS) is 14.3. The number of nitrogens with one attached hydrogen (secondary N) is 1. The lowest BCUT2D eigenvalue weighted by molar-refractivity contribution is -0.133. The van der Waals surface area contributed by atoms with E-state index in [0.717, 1.165) is 16.7 Å². The van der Waals surface area contributed by atoms with E-state index in [0.29, 0.717) is 49.0 Å². The Hall–Kier alpha value is -4.30. The Kier molecular flexibility index (Phi) is 6.94. The number of carbonyl (C=O) groups is 1. The molecule has 6 rings (SSSR count). The molecule has 1 saturated heterocycles. The molecule has 9 heteroatoms. The van der Waals surface area contributed by atoms with Crippen LogP contribution in [0.1, 0.15) is 47.2 Å². The first-order valence-electron chi connectivity index (χ1n) is 13.0. The van der Waals surface area contributed by atoms with E-state index >= 15 is 0 Å². The Labute approximate surface area is 230 Å². The van der Waals surface area contributed by atoms with Gasteiger partial charge in [-0.1, -0.05) is 89.6 Å². The van der Waals surface area contributed by atoms with Gasteiger partial charge in [-0.05, 0) is 41.7 Å². The maximum absolute atomic E-state index is 13.8. The lowest BCUT2D eigenvalue weighted by Gasteiger charge is -2.34. The van der Waals surface area contributed by atoms with Crippen molar-refractivity contribution < 1.29 is 4.79 Å². The van der Waals surface area contributed by atoms with Gasteiger partial charge < -0.3 is 9.88 Å². The smallest absolute Gasteiger partial charge is 0.281 e. The highest BCUT2D eigenvalue weighted by Gasteiger charge is 2.31. The molecule has 1 aliphatic rings. The number of piperidine rings is 1. The Morgan fingerprint density at radius 3 is 2.26 bits per heavy atom. The predicted molar refractivity (Wildman–Crippen MR) is 150 cm³/mol. The minimum absolute atomic E-state index is 0.0209. The molecule has 0 aliphatic carbocycles. The van der Waals surface area contributed by atoms with Gasteiger partial charge in [0.25, 0.3) is 5.56 Å². The van der Waals surface area contributed by atoms with Crippen molar-refractivity contribution >= 4 is 28.7 Å². The molecule has 0 radical (unpaired) electrons. The fraction of sp³-hybridized carbons (Fsp3) is 0.233. The minimum atomic E-state index is -0.356. The molecular weight excluding hydrogens is 512 g/mol. The standard InChI is InChI=1S/C30H27ClN6O2/c31-24-13-7-8-20(18-24)19-37-28-26(34-35-37)29(38)33-27(32-28)23-14-16-36(17-15-23)30(39)25(21-9-3-1-4-10-21)22-11-5-2-6-12-22/h1-13,18,23,25H,14-17,19H2,(H,32,33,38). The maximum Gasteiger partial charge on any atom is 0.281 e. The first-order valence-corrected chi connectivity index (χ1v) is 13.4. The monoisotopic (exact) mass is 538 g/mol. The van der Waals surface area contributed by atoms with Crippen molar-refractivity contribution in [1.29, 1.82) is 0 Å². The van der Waals surface area contributed by atoms with E-state index < -0.39 is 0 Å². The van der Waals surface area contributed by atoms with Crippen molar-refractivity contribution in [2.45, 2.75) is 31.2 Å². The molecule has 2 aromatic heterocycles. The van der Waals surface area contributed by atoms with Gasteiger partial charge in [0.15, 0.2) is 11.2 Å². The maximum atomic E-state index is 13.8. The van der Waals surface area contributed by atoms with Gasteiger partial charge in [0, 0.05) is 24.0 Å². The summed E-state index contributed by atoms with van der Waals surface area (Å²) in [5.41, 5.74) is 3.25. The molecule has 8 nitrogen and oxygen atoms in total. The SMILES string of the molecule is O=C(C(c1ccccc1)c1ccccc1)N1CCC(c2nc3c(nnn3Cc3cccc(Cl)c3)c(=O)[nH]2)CC1. The first-order chi connectivity index (χ1) is 19.1. The van der Waals surface area contributed by atoms with E-state index in [9.17, 15) is 9.59 Å². The van der Waals surface area contributed by atoms with E-state index in [1.165, 1.54) is 0 Å². The number of halogens is 1. The number of hydrogen-bond donors (Lipinski definition) is 1. The molecule has 1 amide bonds. The lowest BCUT2D eigenvalue weighted by Crippen LogP contribution is -2.41. The fourth-order valence-electron chi connectivity index (χ4n) is 5.32. The molecule has 39 heavy (non-hydrogen) atoms. The van der Waals surface area contributed by atoms with Gasteiger partial charge in [-0.2, -0.15) is 0 Å². The van der Waals surface area contributed by atoms with E-state index in [4.69, 9.17) is 16.6 Å². The molecule has 3 aromatic carbocycles. The van der Waals surface area contributed by atoms with Crippen molar-refractivity contribution in [3.05, 3.63) is 123 Å². The van der Waals surface area contributed by atoms with Gasteiger partial charge >= 0.3 is 0 Å². The fourth-order valence-corrected chi connectivity index (χ4v) is 5.53. The summed E-state index contributed by atoms with van der Waals surface area (Å²) in [6.07, 6.45) is 1.40.